The second kappa shape index (κ2) is 19.4. The molecule has 0 saturated carbocycles. The molecule has 5 heterocycles. The molecule has 0 bridgehead atoms. The number of rotatable bonds is 15. The van der Waals surface area contributed by atoms with E-state index < -0.39 is 6.04 Å². The molecule has 3 aliphatic heterocycles. The zero-order valence-corrected chi connectivity index (χ0v) is 36.0. The summed E-state index contributed by atoms with van der Waals surface area (Å²) in [5.74, 6) is 2.28. The van der Waals surface area contributed by atoms with Crippen LogP contribution in [0.25, 0.3) is 5.00 Å². The van der Waals surface area contributed by atoms with E-state index in [-0.39, 0.29) is 18.2 Å². The number of aryl methyl sites for hydroxylation is 2. The Balaban J connectivity index is 0.775. The number of piperidine rings is 1. The SMILES string of the molecule is Cc1sc2c(c1C)C(c1ccc(Cl)cc1)=N[C@@H](CC(=O)NCCOCCOCCN1CCC(CC(=O)NC3=NN(c4ccc(Cl)c(Cl)c4)CC3)CC1)c1nnc(C)n1-2. The van der Waals surface area contributed by atoms with Crippen LogP contribution in [0.4, 0.5) is 5.69 Å². The summed E-state index contributed by atoms with van der Waals surface area (Å²) in [5, 5.41) is 23.9. The molecule has 1 saturated heterocycles. The Morgan fingerprint density at radius 2 is 1.64 bits per heavy atom. The first kappa shape index (κ1) is 42.2. The molecule has 2 N–H and O–H groups in total. The summed E-state index contributed by atoms with van der Waals surface area (Å²) in [7, 11) is 0. The number of hydrazone groups is 1. The van der Waals surface area contributed by atoms with Crippen LogP contribution in [0.5, 0.6) is 0 Å². The van der Waals surface area contributed by atoms with Gasteiger partial charge < -0.3 is 25.0 Å². The predicted molar refractivity (Wildman–Crippen MR) is 230 cm³/mol. The average Bonchev–Trinajstić information content (AvgIpc) is 3.89. The van der Waals surface area contributed by atoms with Crippen LogP contribution in [0, 0.1) is 26.7 Å². The smallest absolute Gasteiger partial charge is 0.225 e. The van der Waals surface area contributed by atoms with E-state index in [4.69, 9.17) is 49.3 Å². The molecule has 1 fully saturated rings. The number of carbonyl (C=O) groups excluding carboxylic acids is 2. The van der Waals surface area contributed by atoms with E-state index in [1.807, 2.05) is 46.8 Å². The van der Waals surface area contributed by atoms with Crippen molar-refractivity contribution >= 4 is 75.2 Å². The first-order valence-corrected chi connectivity index (χ1v) is 21.6. The van der Waals surface area contributed by atoms with Crippen LogP contribution >= 0.6 is 46.1 Å². The lowest BCUT2D eigenvalue weighted by Gasteiger charge is -2.31. The number of anilines is 1. The van der Waals surface area contributed by atoms with Crippen molar-refractivity contribution in [2.45, 2.75) is 58.9 Å². The Hall–Kier alpha value is -3.89. The second-order valence-corrected chi connectivity index (χ2v) is 17.2. The summed E-state index contributed by atoms with van der Waals surface area (Å²) in [6.45, 7) is 11.8. The largest absolute Gasteiger partial charge is 0.378 e. The molecule has 2 aromatic heterocycles. The van der Waals surface area contributed by atoms with Crippen molar-refractivity contribution in [3.63, 3.8) is 0 Å². The van der Waals surface area contributed by atoms with Crippen molar-refractivity contribution < 1.29 is 19.1 Å². The van der Waals surface area contributed by atoms with E-state index in [9.17, 15) is 9.59 Å². The summed E-state index contributed by atoms with van der Waals surface area (Å²) in [4.78, 5) is 34.7. The Morgan fingerprint density at radius 3 is 2.40 bits per heavy atom. The molecule has 13 nitrogen and oxygen atoms in total. The number of aromatic nitrogens is 3. The number of hydrogen-bond acceptors (Lipinski definition) is 11. The molecule has 2 aromatic carbocycles. The zero-order chi connectivity index (χ0) is 40.8. The highest BCUT2D eigenvalue weighted by Gasteiger charge is 2.32. The summed E-state index contributed by atoms with van der Waals surface area (Å²) < 4.78 is 13.6. The van der Waals surface area contributed by atoms with Crippen LogP contribution < -0.4 is 15.6 Å². The number of carbonyl (C=O) groups is 2. The lowest BCUT2D eigenvalue weighted by molar-refractivity contribution is -0.122. The maximum Gasteiger partial charge on any atom is 0.225 e. The normalized spacial score (nSPS) is 17.1. The van der Waals surface area contributed by atoms with E-state index in [1.165, 1.54) is 4.88 Å². The minimum Gasteiger partial charge on any atom is -0.378 e. The van der Waals surface area contributed by atoms with Crippen molar-refractivity contribution in [3.8, 4) is 5.00 Å². The van der Waals surface area contributed by atoms with Crippen LogP contribution in [-0.2, 0) is 19.1 Å². The molecule has 2 amide bonds. The lowest BCUT2D eigenvalue weighted by atomic mass is 9.93. The van der Waals surface area contributed by atoms with Gasteiger partial charge in [0.15, 0.2) is 5.82 Å². The number of halogens is 3. The van der Waals surface area contributed by atoms with Gasteiger partial charge in [-0.15, -0.1) is 21.5 Å². The molecular weight excluding hydrogens is 821 g/mol. The van der Waals surface area contributed by atoms with E-state index in [0.717, 1.165) is 71.4 Å². The van der Waals surface area contributed by atoms with Gasteiger partial charge in [0.05, 0.1) is 54.3 Å². The van der Waals surface area contributed by atoms with Gasteiger partial charge in [0.2, 0.25) is 11.8 Å². The Labute approximate surface area is 357 Å². The molecule has 3 aliphatic rings. The molecule has 308 valence electrons. The molecular formula is C41H48Cl3N9O4S. The van der Waals surface area contributed by atoms with Gasteiger partial charge in [-0.05, 0) is 88.5 Å². The fraction of sp³-hybridized carbons (Fsp3) is 0.463. The van der Waals surface area contributed by atoms with Crippen LogP contribution in [0.2, 0.25) is 15.1 Å². The van der Waals surface area contributed by atoms with E-state index in [0.29, 0.717) is 85.0 Å². The van der Waals surface area contributed by atoms with Gasteiger partial charge in [0.1, 0.15) is 22.7 Å². The highest BCUT2D eigenvalue weighted by Crippen LogP contribution is 2.39. The monoisotopic (exact) mass is 867 g/mol. The van der Waals surface area contributed by atoms with Crippen molar-refractivity contribution in [1.82, 2.24) is 30.3 Å². The number of aliphatic imine (C=N–C) groups is 1. The fourth-order valence-electron chi connectivity index (χ4n) is 7.42. The van der Waals surface area contributed by atoms with Crippen LogP contribution in [0.3, 0.4) is 0 Å². The molecule has 7 rings (SSSR count). The predicted octanol–water partition coefficient (Wildman–Crippen LogP) is 7.09. The minimum absolute atomic E-state index is 0.0109. The van der Waals surface area contributed by atoms with Gasteiger partial charge in [-0.2, -0.15) is 5.10 Å². The molecule has 4 aromatic rings. The third-order valence-electron chi connectivity index (χ3n) is 10.7. The Kier molecular flexibility index (Phi) is 14.2. The summed E-state index contributed by atoms with van der Waals surface area (Å²) in [5.41, 5.74) is 4.76. The lowest BCUT2D eigenvalue weighted by Crippen LogP contribution is -2.38. The van der Waals surface area contributed by atoms with E-state index >= 15 is 0 Å². The fourth-order valence-corrected chi connectivity index (χ4v) is 9.06. The number of nitrogens with one attached hydrogen (secondary N) is 2. The van der Waals surface area contributed by atoms with Crippen molar-refractivity contribution in [1.29, 1.82) is 0 Å². The number of likely N-dealkylation sites (tertiary alicyclic amines) is 1. The third-order valence-corrected chi connectivity index (χ3v) is 12.9. The number of nitrogens with zero attached hydrogens (tertiary/aromatic N) is 7. The highest BCUT2D eigenvalue weighted by molar-refractivity contribution is 7.15. The molecule has 1 atom stereocenters. The number of thiophene rings is 1. The molecule has 58 heavy (non-hydrogen) atoms. The van der Waals surface area contributed by atoms with Crippen molar-refractivity contribution in [3.05, 3.63) is 90.7 Å². The van der Waals surface area contributed by atoms with Gasteiger partial charge in [-0.25, -0.2) is 0 Å². The number of ether oxygens (including phenoxy) is 2. The second-order valence-electron chi connectivity index (χ2n) is 14.7. The first-order chi connectivity index (χ1) is 28.0. The van der Waals surface area contributed by atoms with E-state index in [2.05, 4.69) is 44.7 Å². The molecule has 17 heteroatoms. The quantitative estimate of drug-likeness (QED) is 0.121. The minimum atomic E-state index is -0.530. The van der Waals surface area contributed by atoms with Crippen molar-refractivity contribution in [2.75, 3.05) is 64.2 Å². The summed E-state index contributed by atoms with van der Waals surface area (Å²) >= 11 is 20.1. The Bertz CT molecular complexity index is 2170. The average molecular weight is 869 g/mol. The van der Waals surface area contributed by atoms with Gasteiger partial charge in [-0.1, -0.05) is 46.9 Å². The maximum atomic E-state index is 13.2. The number of amidine groups is 1. The van der Waals surface area contributed by atoms with Crippen LogP contribution in [0.15, 0.2) is 52.6 Å². The number of hydrogen-bond donors (Lipinski definition) is 2. The van der Waals surface area contributed by atoms with Crippen molar-refractivity contribution in [2.24, 2.45) is 16.0 Å². The molecule has 0 radical (unpaired) electrons. The number of fused-ring (bicyclic) bond motifs is 3. The number of amides is 2. The first-order valence-electron chi connectivity index (χ1n) is 19.6. The molecule has 0 unspecified atom stereocenters. The molecule has 0 aliphatic carbocycles. The highest BCUT2D eigenvalue weighted by atomic mass is 35.5. The standard InChI is InChI=1S/C41H48Cl3N9O4S/c1-25-26(2)58-41-38(25)39(29-4-6-30(42)7-5-29)46-34(40-49-48-27(3)53(40)41)24-36(54)45-13-18-56-20-21-57-19-17-51-14-10-28(11-15-51)22-37(55)47-35-12-16-52(50-35)31-8-9-32(43)33(44)23-31/h4-9,23,28,34H,10-22,24H2,1-3H3,(H,45,54)(H,47,50,55)/t34-/m0/s1. The Morgan fingerprint density at radius 1 is 0.879 bits per heavy atom. The van der Waals surface area contributed by atoms with Gasteiger partial charge in [0, 0.05) is 53.5 Å². The van der Waals surface area contributed by atoms with Gasteiger partial charge in [0.25, 0.3) is 0 Å². The number of benzene rings is 2. The maximum absolute atomic E-state index is 13.2. The zero-order valence-electron chi connectivity index (χ0n) is 32.9. The van der Waals surface area contributed by atoms with Gasteiger partial charge in [-0.3, -0.25) is 24.2 Å². The molecule has 0 spiro atoms. The summed E-state index contributed by atoms with van der Waals surface area (Å²) in [6.07, 6.45) is 3.21. The van der Waals surface area contributed by atoms with Gasteiger partial charge >= 0.3 is 0 Å². The summed E-state index contributed by atoms with van der Waals surface area (Å²) in [6, 6.07) is 12.5. The topological polar surface area (TPSA) is 139 Å². The van der Waals surface area contributed by atoms with E-state index in [1.54, 1.807) is 23.5 Å². The van der Waals surface area contributed by atoms with Crippen LogP contribution in [-0.4, -0.2) is 102 Å². The third kappa shape index (κ3) is 10.3. The van der Waals surface area contributed by atoms with Crippen LogP contribution in [0.1, 0.15) is 71.4 Å².